The van der Waals surface area contributed by atoms with Crippen LogP contribution in [0.15, 0.2) is 59.6 Å². The van der Waals surface area contributed by atoms with E-state index in [1.807, 2.05) is 54.6 Å². The molecule has 0 radical (unpaired) electrons. The summed E-state index contributed by atoms with van der Waals surface area (Å²) in [4.78, 5) is 4.67. The van der Waals surface area contributed by atoms with Crippen LogP contribution in [0, 0.1) is 5.92 Å². The molecule has 1 aliphatic heterocycles. The third kappa shape index (κ3) is 9.88. The fourth-order valence-corrected chi connectivity index (χ4v) is 3.15. The van der Waals surface area contributed by atoms with Gasteiger partial charge < -0.3 is 24.8 Å². The highest BCUT2D eigenvalue weighted by atomic mass is 127. The Morgan fingerprint density at radius 2 is 1.84 bits per heavy atom. The van der Waals surface area contributed by atoms with Crippen LogP contribution in [0.1, 0.15) is 25.3 Å². The lowest BCUT2D eigenvalue weighted by molar-refractivity contribution is 0.0888. The molecule has 0 aliphatic carbocycles. The van der Waals surface area contributed by atoms with Crippen LogP contribution in [0.2, 0.25) is 0 Å². The van der Waals surface area contributed by atoms with Crippen LogP contribution in [0.5, 0.6) is 11.5 Å². The molecular formula is C24H34IN3O3. The van der Waals surface area contributed by atoms with Crippen LogP contribution in [0.3, 0.4) is 0 Å². The first-order valence-corrected chi connectivity index (χ1v) is 10.8. The van der Waals surface area contributed by atoms with Crippen LogP contribution in [-0.2, 0) is 16.0 Å². The molecule has 1 atom stereocenters. The number of nitrogens with one attached hydrogen (secondary N) is 2. The van der Waals surface area contributed by atoms with Gasteiger partial charge in [0.25, 0.3) is 0 Å². The molecule has 0 aromatic heterocycles. The quantitative estimate of drug-likeness (QED) is 0.189. The van der Waals surface area contributed by atoms with Crippen molar-refractivity contribution < 1.29 is 14.2 Å². The number of benzene rings is 2. The Morgan fingerprint density at radius 3 is 2.55 bits per heavy atom. The SMILES string of the molecule is CCNC(=NCc1ccc(Oc2ccccc2)cc1)NCCCOCC1CCOC1.I. The van der Waals surface area contributed by atoms with Crippen LogP contribution in [-0.4, -0.2) is 45.5 Å². The van der Waals surface area contributed by atoms with Gasteiger partial charge >= 0.3 is 0 Å². The number of guanidine groups is 1. The summed E-state index contributed by atoms with van der Waals surface area (Å²) in [6.07, 6.45) is 2.07. The number of para-hydroxylation sites is 1. The number of halogens is 1. The maximum Gasteiger partial charge on any atom is 0.191 e. The molecule has 1 fully saturated rings. The van der Waals surface area contributed by atoms with E-state index in [0.717, 1.165) is 75.4 Å². The predicted molar refractivity (Wildman–Crippen MR) is 136 cm³/mol. The molecule has 1 aliphatic rings. The van der Waals surface area contributed by atoms with Gasteiger partial charge in [0.15, 0.2) is 5.96 Å². The minimum atomic E-state index is 0. The normalized spacial score (nSPS) is 15.9. The summed E-state index contributed by atoms with van der Waals surface area (Å²) in [5.74, 6) is 3.05. The molecule has 2 N–H and O–H groups in total. The van der Waals surface area contributed by atoms with Crippen molar-refractivity contribution in [3.8, 4) is 11.5 Å². The molecule has 1 heterocycles. The van der Waals surface area contributed by atoms with Gasteiger partial charge in [-0.15, -0.1) is 24.0 Å². The van der Waals surface area contributed by atoms with Crippen LogP contribution >= 0.6 is 24.0 Å². The van der Waals surface area contributed by atoms with Crippen molar-refractivity contribution in [3.05, 3.63) is 60.2 Å². The molecule has 7 heteroatoms. The zero-order valence-electron chi connectivity index (χ0n) is 18.2. The lowest BCUT2D eigenvalue weighted by Crippen LogP contribution is -2.38. The molecule has 0 spiro atoms. The summed E-state index contributed by atoms with van der Waals surface area (Å²) >= 11 is 0. The van der Waals surface area contributed by atoms with E-state index in [1.165, 1.54) is 0 Å². The van der Waals surface area contributed by atoms with Crippen LogP contribution in [0.25, 0.3) is 0 Å². The van der Waals surface area contributed by atoms with E-state index in [1.54, 1.807) is 0 Å². The van der Waals surface area contributed by atoms with Crippen molar-refractivity contribution in [1.29, 1.82) is 0 Å². The molecule has 1 unspecified atom stereocenters. The molecule has 31 heavy (non-hydrogen) atoms. The molecule has 0 saturated carbocycles. The monoisotopic (exact) mass is 539 g/mol. The molecule has 0 bridgehead atoms. The first kappa shape index (κ1) is 25.4. The molecule has 3 rings (SSSR count). The van der Waals surface area contributed by atoms with Gasteiger partial charge in [-0.05, 0) is 49.6 Å². The van der Waals surface area contributed by atoms with Gasteiger partial charge in [-0.1, -0.05) is 30.3 Å². The summed E-state index contributed by atoms with van der Waals surface area (Å²) < 4.78 is 17.0. The largest absolute Gasteiger partial charge is 0.457 e. The standard InChI is InChI=1S/C24H33N3O3.HI/c1-2-25-24(26-14-6-15-28-18-21-13-16-29-19-21)27-17-20-9-11-23(12-10-20)30-22-7-4-3-5-8-22;/h3-5,7-12,21H,2,6,13-19H2,1H3,(H2,25,26,27);1H. The van der Waals surface area contributed by atoms with Gasteiger partial charge in [-0.25, -0.2) is 4.99 Å². The highest BCUT2D eigenvalue weighted by molar-refractivity contribution is 14.0. The van der Waals surface area contributed by atoms with E-state index in [2.05, 4.69) is 22.5 Å². The predicted octanol–water partition coefficient (Wildman–Crippen LogP) is 4.60. The van der Waals surface area contributed by atoms with Gasteiger partial charge in [0.05, 0.1) is 19.8 Å². The summed E-state index contributed by atoms with van der Waals surface area (Å²) in [5.41, 5.74) is 1.13. The van der Waals surface area contributed by atoms with Crippen molar-refractivity contribution in [2.24, 2.45) is 10.9 Å². The highest BCUT2D eigenvalue weighted by Gasteiger charge is 2.15. The Morgan fingerprint density at radius 1 is 1.06 bits per heavy atom. The Kier molecular flexibility index (Phi) is 12.3. The van der Waals surface area contributed by atoms with E-state index < -0.39 is 0 Å². The second-order valence-corrected chi connectivity index (χ2v) is 7.34. The molecular weight excluding hydrogens is 505 g/mol. The zero-order chi connectivity index (χ0) is 20.9. The van der Waals surface area contributed by atoms with Crippen molar-refractivity contribution in [3.63, 3.8) is 0 Å². The van der Waals surface area contributed by atoms with E-state index in [0.29, 0.717) is 12.5 Å². The van der Waals surface area contributed by atoms with E-state index in [9.17, 15) is 0 Å². The fraction of sp³-hybridized carbons (Fsp3) is 0.458. The van der Waals surface area contributed by atoms with E-state index in [-0.39, 0.29) is 24.0 Å². The first-order valence-electron chi connectivity index (χ1n) is 10.8. The zero-order valence-corrected chi connectivity index (χ0v) is 20.5. The number of hydrogen-bond donors (Lipinski definition) is 2. The van der Waals surface area contributed by atoms with E-state index in [4.69, 9.17) is 14.2 Å². The minimum absolute atomic E-state index is 0. The molecule has 6 nitrogen and oxygen atoms in total. The highest BCUT2D eigenvalue weighted by Crippen LogP contribution is 2.21. The number of rotatable bonds is 11. The molecule has 0 amide bonds. The fourth-order valence-electron chi connectivity index (χ4n) is 3.15. The molecule has 2 aromatic rings. The second kappa shape index (κ2) is 15.0. The number of hydrogen-bond acceptors (Lipinski definition) is 4. The Balaban J connectivity index is 0.00000341. The maximum absolute atomic E-state index is 5.84. The van der Waals surface area contributed by atoms with Crippen LogP contribution < -0.4 is 15.4 Å². The maximum atomic E-state index is 5.84. The second-order valence-electron chi connectivity index (χ2n) is 7.34. The molecule has 170 valence electrons. The van der Waals surface area contributed by atoms with Gasteiger partial charge in [0, 0.05) is 32.2 Å². The van der Waals surface area contributed by atoms with Gasteiger partial charge in [-0.3, -0.25) is 0 Å². The molecule has 2 aromatic carbocycles. The van der Waals surface area contributed by atoms with Gasteiger partial charge in [0.2, 0.25) is 0 Å². The average molecular weight is 539 g/mol. The minimum Gasteiger partial charge on any atom is -0.457 e. The Bertz CT molecular complexity index is 750. The third-order valence-corrected chi connectivity index (χ3v) is 4.80. The molecule has 1 saturated heterocycles. The lowest BCUT2D eigenvalue weighted by atomic mass is 10.1. The lowest BCUT2D eigenvalue weighted by Gasteiger charge is -2.12. The van der Waals surface area contributed by atoms with Gasteiger partial charge in [-0.2, -0.15) is 0 Å². The number of aliphatic imine (C=N–C) groups is 1. The summed E-state index contributed by atoms with van der Waals surface area (Å²) in [6, 6.07) is 17.8. The van der Waals surface area contributed by atoms with Crippen molar-refractivity contribution in [2.45, 2.75) is 26.3 Å². The number of ether oxygens (including phenoxy) is 3. The summed E-state index contributed by atoms with van der Waals surface area (Å²) in [7, 11) is 0. The third-order valence-electron chi connectivity index (χ3n) is 4.80. The van der Waals surface area contributed by atoms with Crippen molar-refractivity contribution in [2.75, 3.05) is 39.5 Å². The summed E-state index contributed by atoms with van der Waals surface area (Å²) in [6.45, 7) is 7.61. The van der Waals surface area contributed by atoms with Gasteiger partial charge in [0.1, 0.15) is 11.5 Å². The Labute approximate surface area is 202 Å². The smallest absolute Gasteiger partial charge is 0.191 e. The average Bonchev–Trinajstić information content (AvgIpc) is 3.30. The topological polar surface area (TPSA) is 64.1 Å². The first-order chi connectivity index (χ1) is 14.8. The van der Waals surface area contributed by atoms with Crippen molar-refractivity contribution in [1.82, 2.24) is 10.6 Å². The van der Waals surface area contributed by atoms with Crippen LogP contribution in [0.4, 0.5) is 0 Å². The summed E-state index contributed by atoms with van der Waals surface area (Å²) in [5, 5.41) is 6.66. The number of nitrogens with zero attached hydrogens (tertiary/aromatic N) is 1. The van der Waals surface area contributed by atoms with E-state index >= 15 is 0 Å². The Hall–Kier alpha value is -1.84. The van der Waals surface area contributed by atoms with Crippen molar-refractivity contribution >= 4 is 29.9 Å².